The highest BCUT2D eigenvalue weighted by molar-refractivity contribution is 4.98. The van der Waals surface area contributed by atoms with Gasteiger partial charge in [0.2, 0.25) is 0 Å². The third-order valence-corrected chi connectivity index (χ3v) is 3.79. The third kappa shape index (κ3) is 1.98. The predicted molar refractivity (Wildman–Crippen MR) is 62.2 cm³/mol. The van der Waals surface area contributed by atoms with E-state index in [9.17, 15) is 0 Å². The summed E-state index contributed by atoms with van der Waals surface area (Å²) in [5.74, 6) is 3.80. The lowest BCUT2D eigenvalue weighted by Gasteiger charge is -2.17. The summed E-state index contributed by atoms with van der Waals surface area (Å²) in [6, 6.07) is 0. The van der Waals surface area contributed by atoms with Crippen LogP contribution in [0.2, 0.25) is 0 Å². The summed E-state index contributed by atoms with van der Waals surface area (Å²) < 4.78 is 2.12. The molecule has 1 N–H and O–H groups in total. The van der Waals surface area contributed by atoms with Gasteiger partial charge >= 0.3 is 0 Å². The van der Waals surface area contributed by atoms with E-state index < -0.39 is 0 Å². The second-order valence-electron chi connectivity index (χ2n) is 5.33. The van der Waals surface area contributed by atoms with Crippen LogP contribution in [0.15, 0.2) is 0 Å². The molecule has 2 unspecified atom stereocenters. The second-order valence-corrected chi connectivity index (χ2v) is 5.33. The highest BCUT2D eigenvalue weighted by atomic mass is 15.3. The van der Waals surface area contributed by atoms with E-state index in [0.717, 1.165) is 50.1 Å². The van der Waals surface area contributed by atoms with Gasteiger partial charge in [-0.2, -0.15) is 5.10 Å². The molecule has 88 valence electrons. The van der Waals surface area contributed by atoms with Gasteiger partial charge in [-0.15, -0.1) is 0 Å². The molecule has 4 nitrogen and oxygen atoms in total. The van der Waals surface area contributed by atoms with Crippen LogP contribution in [0.3, 0.4) is 0 Å². The van der Waals surface area contributed by atoms with E-state index in [1.54, 1.807) is 0 Å². The van der Waals surface area contributed by atoms with Gasteiger partial charge in [0.25, 0.3) is 0 Å². The Hall–Kier alpha value is -0.900. The van der Waals surface area contributed by atoms with Crippen molar-refractivity contribution in [2.45, 2.75) is 39.2 Å². The zero-order valence-electron chi connectivity index (χ0n) is 9.95. The smallest absolute Gasteiger partial charge is 0.151 e. The molecule has 4 heteroatoms. The minimum absolute atomic E-state index is 0.752. The minimum atomic E-state index is 0.752. The molecule has 2 atom stereocenters. The number of rotatable bonds is 2. The van der Waals surface area contributed by atoms with Crippen molar-refractivity contribution >= 4 is 0 Å². The van der Waals surface area contributed by atoms with Gasteiger partial charge in [-0.05, 0) is 37.8 Å². The van der Waals surface area contributed by atoms with Gasteiger partial charge in [-0.1, -0.05) is 6.92 Å². The number of nitrogens with one attached hydrogen (secondary N) is 1. The predicted octanol–water partition coefficient (Wildman–Crippen LogP) is 1.01. The molecule has 0 aromatic carbocycles. The lowest BCUT2D eigenvalue weighted by atomic mass is 10.0. The maximum Gasteiger partial charge on any atom is 0.151 e. The molecule has 1 aromatic heterocycles. The molecule has 2 aliphatic heterocycles. The largest absolute Gasteiger partial charge is 0.316 e. The number of nitrogens with zero attached hydrogens (tertiary/aromatic N) is 3. The number of hydrogen-bond donors (Lipinski definition) is 1. The summed E-state index contributed by atoms with van der Waals surface area (Å²) in [6.45, 7) is 5.67. The van der Waals surface area contributed by atoms with Crippen LogP contribution >= 0.6 is 0 Å². The van der Waals surface area contributed by atoms with Gasteiger partial charge in [0, 0.05) is 19.4 Å². The molecule has 2 aliphatic rings. The van der Waals surface area contributed by atoms with Crippen molar-refractivity contribution in [2.75, 3.05) is 13.1 Å². The van der Waals surface area contributed by atoms with Gasteiger partial charge < -0.3 is 5.32 Å². The Morgan fingerprint density at radius 3 is 3.19 bits per heavy atom. The van der Waals surface area contributed by atoms with Crippen LogP contribution in [0.4, 0.5) is 0 Å². The maximum absolute atomic E-state index is 4.69. The standard InChI is InChI=1S/C12H20N4/c1-9-3-5-16-12(6-9)14-11(15-16)7-10-2-4-13-8-10/h9-10,13H,2-8H2,1H3. The zero-order chi connectivity index (χ0) is 11.0. The van der Waals surface area contributed by atoms with Crippen LogP contribution < -0.4 is 5.32 Å². The molecule has 0 bridgehead atoms. The molecule has 0 aliphatic carbocycles. The molecular formula is C12H20N4. The normalized spacial score (nSPS) is 29.3. The first-order valence-corrected chi connectivity index (χ1v) is 6.44. The minimum Gasteiger partial charge on any atom is -0.316 e. The zero-order valence-corrected chi connectivity index (χ0v) is 9.95. The fourth-order valence-corrected chi connectivity index (χ4v) is 2.75. The van der Waals surface area contributed by atoms with Crippen molar-refractivity contribution in [3.05, 3.63) is 11.6 Å². The highest BCUT2D eigenvalue weighted by Gasteiger charge is 2.21. The van der Waals surface area contributed by atoms with Crippen LogP contribution in [0.5, 0.6) is 0 Å². The van der Waals surface area contributed by atoms with Crippen LogP contribution in [0.25, 0.3) is 0 Å². The molecule has 0 spiro atoms. The molecule has 1 fully saturated rings. The van der Waals surface area contributed by atoms with Crippen molar-refractivity contribution in [3.8, 4) is 0 Å². The van der Waals surface area contributed by atoms with Crippen molar-refractivity contribution in [2.24, 2.45) is 11.8 Å². The third-order valence-electron chi connectivity index (χ3n) is 3.79. The fraction of sp³-hybridized carbons (Fsp3) is 0.833. The Labute approximate surface area is 96.4 Å². The van der Waals surface area contributed by atoms with E-state index in [0.29, 0.717) is 0 Å². The quantitative estimate of drug-likeness (QED) is 0.809. The van der Waals surface area contributed by atoms with Crippen LogP contribution in [0.1, 0.15) is 31.4 Å². The Kier molecular flexibility index (Phi) is 2.67. The average Bonchev–Trinajstić information content (AvgIpc) is 2.86. The summed E-state index contributed by atoms with van der Waals surface area (Å²) in [7, 11) is 0. The van der Waals surface area contributed by atoms with E-state index in [-0.39, 0.29) is 0 Å². The van der Waals surface area contributed by atoms with Crippen LogP contribution in [-0.2, 0) is 19.4 Å². The van der Waals surface area contributed by atoms with Gasteiger partial charge in [-0.3, -0.25) is 0 Å². The first-order valence-electron chi connectivity index (χ1n) is 6.44. The number of hydrogen-bond acceptors (Lipinski definition) is 3. The number of aryl methyl sites for hydroxylation is 1. The Bertz CT molecular complexity index is 365. The maximum atomic E-state index is 4.69. The summed E-state index contributed by atoms with van der Waals surface area (Å²) in [5, 5.41) is 8.03. The van der Waals surface area contributed by atoms with Crippen LogP contribution in [-0.4, -0.2) is 27.9 Å². The molecule has 1 saturated heterocycles. The average molecular weight is 220 g/mol. The lowest BCUT2D eigenvalue weighted by molar-refractivity contribution is 0.385. The van der Waals surface area contributed by atoms with Gasteiger partial charge in [0.05, 0.1) is 0 Å². The summed E-state index contributed by atoms with van der Waals surface area (Å²) in [4.78, 5) is 4.69. The molecule has 0 radical (unpaired) electrons. The summed E-state index contributed by atoms with van der Waals surface area (Å²) >= 11 is 0. The SMILES string of the molecule is CC1CCn2nc(CC3CCNC3)nc2C1. The molecule has 0 saturated carbocycles. The second kappa shape index (κ2) is 4.17. The van der Waals surface area contributed by atoms with E-state index >= 15 is 0 Å². The van der Waals surface area contributed by atoms with Gasteiger partial charge in [0.15, 0.2) is 5.82 Å². The molecule has 16 heavy (non-hydrogen) atoms. The van der Waals surface area contributed by atoms with E-state index in [4.69, 9.17) is 0 Å². The number of aromatic nitrogens is 3. The number of fused-ring (bicyclic) bond motifs is 1. The fourth-order valence-electron chi connectivity index (χ4n) is 2.75. The van der Waals surface area contributed by atoms with E-state index in [1.807, 2.05) is 0 Å². The van der Waals surface area contributed by atoms with Crippen molar-refractivity contribution < 1.29 is 0 Å². The van der Waals surface area contributed by atoms with E-state index in [1.165, 1.54) is 18.7 Å². The Morgan fingerprint density at radius 1 is 1.44 bits per heavy atom. The van der Waals surface area contributed by atoms with Crippen molar-refractivity contribution in [1.82, 2.24) is 20.1 Å². The van der Waals surface area contributed by atoms with Crippen LogP contribution in [0, 0.1) is 11.8 Å². The topological polar surface area (TPSA) is 42.7 Å². The molecule has 0 amide bonds. The molecule has 3 heterocycles. The van der Waals surface area contributed by atoms with E-state index in [2.05, 4.69) is 27.0 Å². The molecule has 3 rings (SSSR count). The first kappa shape index (κ1) is 10.3. The first-order chi connectivity index (χ1) is 7.81. The molecule has 1 aromatic rings. The molecular weight excluding hydrogens is 200 g/mol. The lowest BCUT2D eigenvalue weighted by Crippen LogP contribution is -2.18. The van der Waals surface area contributed by atoms with Gasteiger partial charge in [-0.25, -0.2) is 9.67 Å². The highest BCUT2D eigenvalue weighted by Crippen LogP contribution is 2.19. The summed E-state index contributed by atoms with van der Waals surface area (Å²) in [6.07, 6.45) is 4.69. The Balaban J connectivity index is 1.71. The van der Waals surface area contributed by atoms with Gasteiger partial charge in [0.1, 0.15) is 5.82 Å². The Morgan fingerprint density at radius 2 is 2.38 bits per heavy atom. The summed E-state index contributed by atoms with van der Waals surface area (Å²) in [5.41, 5.74) is 0. The monoisotopic (exact) mass is 220 g/mol. The van der Waals surface area contributed by atoms with Crippen molar-refractivity contribution in [1.29, 1.82) is 0 Å². The van der Waals surface area contributed by atoms with Crippen molar-refractivity contribution in [3.63, 3.8) is 0 Å².